The molecule has 2 unspecified atom stereocenters. The Kier molecular flexibility index (Phi) is 3.83. The van der Waals surface area contributed by atoms with Crippen molar-refractivity contribution in [2.75, 3.05) is 6.54 Å². The molecule has 0 spiro atoms. The van der Waals surface area contributed by atoms with E-state index < -0.39 is 12.6 Å². The number of alkyl halides is 3. The van der Waals surface area contributed by atoms with Gasteiger partial charge in [-0.2, -0.15) is 13.2 Å². The second kappa shape index (κ2) is 4.61. The fourth-order valence-corrected chi connectivity index (χ4v) is 1.85. The Morgan fingerprint density at radius 2 is 2.00 bits per heavy atom. The summed E-state index contributed by atoms with van der Waals surface area (Å²) < 4.78 is 36.3. The minimum atomic E-state index is -4.21. The van der Waals surface area contributed by atoms with Gasteiger partial charge in [0, 0.05) is 6.54 Å². The van der Waals surface area contributed by atoms with Crippen LogP contribution in [0.5, 0.6) is 0 Å². The van der Waals surface area contributed by atoms with Crippen molar-refractivity contribution in [2.24, 2.45) is 5.92 Å². The van der Waals surface area contributed by atoms with E-state index in [2.05, 4.69) is 5.32 Å². The Balaban J connectivity index is 2.64. The number of rotatable bonds is 3. The monoisotopic (exact) mass is 238 g/mol. The average Bonchev–Trinajstić information content (AvgIpc) is 2.39. The molecule has 1 N–H and O–H groups in total. The first-order valence-electron chi connectivity index (χ1n) is 5.35. The summed E-state index contributed by atoms with van der Waals surface area (Å²) in [4.78, 5) is 12.9. The third kappa shape index (κ3) is 3.10. The Morgan fingerprint density at radius 1 is 1.44 bits per heavy atom. The molecule has 1 aliphatic rings. The maximum atomic E-state index is 12.1. The number of hydrogen-bond donors (Lipinski definition) is 1. The van der Waals surface area contributed by atoms with E-state index in [0.29, 0.717) is 0 Å². The van der Waals surface area contributed by atoms with Crippen LogP contribution in [0.2, 0.25) is 0 Å². The van der Waals surface area contributed by atoms with Gasteiger partial charge >= 0.3 is 6.18 Å². The summed E-state index contributed by atoms with van der Waals surface area (Å²) in [7, 11) is 0. The number of carbonyl (C=O) groups is 1. The number of hydrogen-bond acceptors (Lipinski definition) is 2. The van der Waals surface area contributed by atoms with Crippen LogP contribution in [0.1, 0.15) is 27.2 Å². The van der Waals surface area contributed by atoms with Gasteiger partial charge in [0.05, 0.1) is 18.6 Å². The Bertz CT molecular complexity index is 265. The van der Waals surface area contributed by atoms with E-state index >= 15 is 0 Å². The van der Waals surface area contributed by atoms with Gasteiger partial charge in [-0.05, 0) is 12.8 Å². The van der Waals surface area contributed by atoms with Crippen molar-refractivity contribution in [3.05, 3.63) is 0 Å². The molecule has 1 rings (SSSR count). The van der Waals surface area contributed by atoms with Crippen LogP contribution in [-0.2, 0) is 4.79 Å². The lowest BCUT2D eigenvalue weighted by Gasteiger charge is -2.27. The van der Waals surface area contributed by atoms with Gasteiger partial charge in [-0.15, -0.1) is 0 Å². The van der Waals surface area contributed by atoms with Gasteiger partial charge in [0.2, 0.25) is 5.91 Å². The summed E-state index contributed by atoms with van der Waals surface area (Å²) in [6, 6.07) is -0.388. The molecule has 0 bridgehead atoms. The highest BCUT2D eigenvalue weighted by Crippen LogP contribution is 2.23. The molecule has 0 radical (unpaired) electrons. The molecule has 0 aromatic rings. The smallest absolute Gasteiger partial charge is 0.325 e. The molecule has 0 aliphatic carbocycles. The standard InChI is InChI=1S/C10H17F3N2O/c1-6(2)8-14-7(3)9(16)15(8)5-4-10(11,12)13/h6-8,14H,4-5H2,1-3H3. The van der Waals surface area contributed by atoms with Gasteiger partial charge in [0.15, 0.2) is 0 Å². The van der Waals surface area contributed by atoms with Crippen molar-refractivity contribution in [3.63, 3.8) is 0 Å². The van der Waals surface area contributed by atoms with E-state index in [1.807, 2.05) is 13.8 Å². The molecule has 6 heteroatoms. The minimum Gasteiger partial charge on any atom is -0.325 e. The van der Waals surface area contributed by atoms with E-state index in [0.717, 1.165) is 0 Å². The molecule has 0 aromatic carbocycles. The van der Waals surface area contributed by atoms with Gasteiger partial charge in [-0.3, -0.25) is 10.1 Å². The van der Waals surface area contributed by atoms with Crippen LogP contribution in [-0.4, -0.2) is 35.7 Å². The first-order valence-corrected chi connectivity index (χ1v) is 5.35. The normalized spacial score (nSPS) is 26.9. The zero-order valence-electron chi connectivity index (χ0n) is 9.64. The third-order valence-corrected chi connectivity index (χ3v) is 2.68. The molecular weight excluding hydrogens is 221 g/mol. The lowest BCUT2D eigenvalue weighted by molar-refractivity contribution is -0.145. The molecule has 2 atom stereocenters. The topological polar surface area (TPSA) is 32.3 Å². The van der Waals surface area contributed by atoms with Crippen molar-refractivity contribution < 1.29 is 18.0 Å². The summed E-state index contributed by atoms with van der Waals surface area (Å²) in [5, 5.41) is 3.00. The molecule has 94 valence electrons. The summed E-state index contributed by atoms with van der Waals surface area (Å²) in [5.74, 6) is -0.148. The van der Waals surface area contributed by atoms with Crippen LogP contribution in [0.4, 0.5) is 13.2 Å². The van der Waals surface area contributed by atoms with Crippen molar-refractivity contribution in [2.45, 2.75) is 45.6 Å². The first-order chi connectivity index (χ1) is 7.22. The lowest BCUT2D eigenvalue weighted by Crippen LogP contribution is -2.42. The molecule has 16 heavy (non-hydrogen) atoms. The minimum absolute atomic E-state index is 0.0992. The molecule has 1 fully saturated rings. The molecule has 1 amide bonds. The van der Waals surface area contributed by atoms with E-state index in [1.165, 1.54) is 4.90 Å². The highest BCUT2D eigenvalue weighted by molar-refractivity contribution is 5.83. The van der Waals surface area contributed by atoms with E-state index in [-0.39, 0.29) is 30.6 Å². The highest BCUT2D eigenvalue weighted by atomic mass is 19.4. The number of nitrogens with zero attached hydrogens (tertiary/aromatic N) is 1. The van der Waals surface area contributed by atoms with E-state index in [9.17, 15) is 18.0 Å². The largest absolute Gasteiger partial charge is 0.390 e. The van der Waals surface area contributed by atoms with Crippen LogP contribution in [0.25, 0.3) is 0 Å². The fourth-order valence-electron chi connectivity index (χ4n) is 1.85. The van der Waals surface area contributed by atoms with Gasteiger partial charge in [-0.1, -0.05) is 13.8 Å². The second-order valence-corrected chi connectivity index (χ2v) is 4.47. The molecule has 0 saturated carbocycles. The quantitative estimate of drug-likeness (QED) is 0.812. The van der Waals surface area contributed by atoms with Gasteiger partial charge < -0.3 is 4.90 Å². The van der Waals surface area contributed by atoms with Crippen LogP contribution >= 0.6 is 0 Å². The van der Waals surface area contributed by atoms with E-state index in [1.54, 1.807) is 6.92 Å². The molecule has 1 heterocycles. The fraction of sp³-hybridized carbons (Fsp3) is 0.900. The van der Waals surface area contributed by atoms with Gasteiger partial charge in [0.1, 0.15) is 0 Å². The van der Waals surface area contributed by atoms with Crippen LogP contribution < -0.4 is 5.32 Å². The third-order valence-electron chi connectivity index (χ3n) is 2.68. The number of halogens is 3. The molecule has 3 nitrogen and oxygen atoms in total. The molecule has 1 aliphatic heterocycles. The zero-order chi connectivity index (χ0) is 12.5. The average molecular weight is 238 g/mol. The predicted octanol–water partition coefficient (Wildman–Crippen LogP) is 1.74. The Labute approximate surface area is 93.0 Å². The lowest BCUT2D eigenvalue weighted by atomic mass is 10.1. The molecule has 1 saturated heterocycles. The zero-order valence-corrected chi connectivity index (χ0v) is 9.64. The van der Waals surface area contributed by atoms with Crippen molar-refractivity contribution >= 4 is 5.91 Å². The Morgan fingerprint density at radius 3 is 2.44 bits per heavy atom. The first kappa shape index (κ1) is 13.3. The van der Waals surface area contributed by atoms with Crippen LogP contribution in [0.15, 0.2) is 0 Å². The van der Waals surface area contributed by atoms with Crippen molar-refractivity contribution in [1.29, 1.82) is 0 Å². The maximum Gasteiger partial charge on any atom is 0.390 e. The van der Waals surface area contributed by atoms with Crippen LogP contribution in [0.3, 0.4) is 0 Å². The summed E-state index contributed by atoms with van der Waals surface area (Å²) in [6.45, 7) is 5.17. The maximum absolute atomic E-state index is 12.1. The predicted molar refractivity (Wildman–Crippen MR) is 53.6 cm³/mol. The SMILES string of the molecule is CC1NC(C(C)C)N(CCC(F)(F)F)C1=O. The summed E-state index contributed by atoms with van der Waals surface area (Å²) in [6.07, 6.45) is -5.45. The highest BCUT2D eigenvalue weighted by Gasteiger charge is 2.39. The second-order valence-electron chi connectivity index (χ2n) is 4.47. The molecular formula is C10H17F3N2O. The van der Waals surface area contributed by atoms with Gasteiger partial charge in [-0.25, -0.2) is 0 Å². The number of carbonyl (C=O) groups excluding carboxylic acids is 1. The van der Waals surface area contributed by atoms with Crippen molar-refractivity contribution in [3.8, 4) is 0 Å². The summed E-state index contributed by atoms with van der Waals surface area (Å²) in [5.41, 5.74) is 0. The van der Waals surface area contributed by atoms with Gasteiger partial charge in [0.25, 0.3) is 0 Å². The number of nitrogens with one attached hydrogen (secondary N) is 1. The molecule has 0 aromatic heterocycles. The van der Waals surface area contributed by atoms with E-state index in [4.69, 9.17) is 0 Å². The Hall–Kier alpha value is -0.780. The van der Waals surface area contributed by atoms with Crippen molar-refractivity contribution in [1.82, 2.24) is 10.2 Å². The van der Waals surface area contributed by atoms with Crippen LogP contribution in [0, 0.1) is 5.92 Å². The summed E-state index contributed by atoms with van der Waals surface area (Å²) >= 11 is 0. The number of amides is 1.